The van der Waals surface area contributed by atoms with Gasteiger partial charge in [0.25, 0.3) is 0 Å². The molecule has 1 heterocycles. The summed E-state index contributed by atoms with van der Waals surface area (Å²) >= 11 is 0. The fourth-order valence-corrected chi connectivity index (χ4v) is 3.38. The number of nitrogens with zero attached hydrogens (tertiary/aromatic N) is 1. The van der Waals surface area contributed by atoms with Crippen LogP contribution in [0.3, 0.4) is 0 Å². The lowest BCUT2D eigenvalue weighted by atomic mass is 9.92. The van der Waals surface area contributed by atoms with Gasteiger partial charge in [-0.1, -0.05) is 36.4 Å². The monoisotopic (exact) mass is 305 g/mol. The summed E-state index contributed by atoms with van der Waals surface area (Å²) in [5, 5.41) is 0. The van der Waals surface area contributed by atoms with Crippen LogP contribution in [0.15, 0.2) is 54.6 Å². The van der Waals surface area contributed by atoms with E-state index in [4.69, 9.17) is 0 Å². The minimum Gasteiger partial charge on any atom is -0.369 e. The maximum Gasteiger partial charge on any atom is 0.143 e. The molecule has 1 aliphatic rings. The highest BCUT2D eigenvalue weighted by atomic mass is 16.1. The van der Waals surface area contributed by atoms with Gasteiger partial charge >= 0.3 is 0 Å². The van der Waals surface area contributed by atoms with E-state index in [0.717, 1.165) is 36.0 Å². The molecule has 0 atom stereocenters. The van der Waals surface area contributed by atoms with E-state index in [0.29, 0.717) is 6.04 Å². The van der Waals surface area contributed by atoms with Crippen molar-refractivity contribution < 1.29 is 4.79 Å². The van der Waals surface area contributed by atoms with Crippen molar-refractivity contribution >= 4 is 17.5 Å². The standard InChI is InChI=1S/C21H23NO/c1-16(2)22-13-6-9-19-15-18(10-11-21(19)22)20(12-14-23)17-7-4-3-5-8-17/h3-5,7-8,10-12,14-16H,6,9,13H2,1-2H3. The van der Waals surface area contributed by atoms with Gasteiger partial charge in [-0.05, 0) is 67.2 Å². The number of hydrogen-bond donors (Lipinski definition) is 0. The number of allylic oxidation sites excluding steroid dienone is 1. The first kappa shape index (κ1) is 15.5. The Labute approximate surface area is 138 Å². The van der Waals surface area contributed by atoms with Crippen LogP contribution in [0.1, 0.15) is 37.0 Å². The molecule has 0 aromatic heterocycles. The van der Waals surface area contributed by atoms with Gasteiger partial charge in [0.2, 0.25) is 0 Å². The molecule has 0 spiro atoms. The molecule has 0 unspecified atom stereocenters. The predicted octanol–water partition coefficient (Wildman–Crippen LogP) is 4.48. The minimum atomic E-state index is 0.513. The summed E-state index contributed by atoms with van der Waals surface area (Å²) in [5.41, 5.74) is 5.91. The fourth-order valence-electron chi connectivity index (χ4n) is 3.38. The van der Waals surface area contributed by atoms with Gasteiger partial charge in [0.1, 0.15) is 6.29 Å². The first-order valence-corrected chi connectivity index (χ1v) is 8.31. The molecule has 0 aliphatic carbocycles. The van der Waals surface area contributed by atoms with Crippen molar-refractivity contribution in [3.05, 3.63) is 71.3 Å². The van der Waals surface area contributed by atoms with Gasteiger partial charge in [0.05, 0.1) is 0 Å². The van der Waals surface area contributed by atoms with Crippen molar-refractivity contribution in [2.75, 3.05) is 11.4 Å². The third-order valence-corrected chi connectivity index (χ3v) is 4.49. The molecule has 0 N–H and O–H groups in total. The topological polar surface area (TPSA) is 20.3 Å². The number of carbonyl (C=O) groups is 1. The van der Waals surface area contributed by atoms with Crippen LogP contribution in [0.25, 0.3) is 5.57 Å². The van der Waals surface area contributed by atoms with E-state index in [2.05, 4.69) is 49.1 Å². The number of benzene rings is 2. The highest BCUT2D eigenvalue weighted by molar-refractivity contribution is 5.90. The van der Waals surface area contributed by atoms with Gasteiger partial charge in [0, 0.05) is 18.3 Å². The maximum atomic E-state index is 11.1. The zero-order valence-electron chi connectivity index (χ0n) is 13.8. The molecule has 0 bridgehead atoms. The van der Waals surface area contributed by atoms with Crippen molar-refractivity contribution in [1.29, 1.82) is 0 Å². The molecule has 0 saturated carbocycles. The van der Waals surface area contributed by atoms with Gasteiger partial charge in [-0.2, -0.15) is 0 Å². The SMILES string of the molecule is CC(C)N1CCCc2cc(C(=CC=O)c3ccccc3)ccc21. The van der Waals surface area contributed by atoms with Crippen molar-refractivity contribution in [3.8, 4) is 0 Å². The Morgan fingerprint density at radius 2 is 1.87 bits per heavy atom. The van der Waals surface area contributed by atoms with Crippen LogP contribution < -0.4 is 4.90 Å². The second-order valence-electron chi connectivity index (χ2n) is 6.32. The number of anilines is 1. The summed E-state index contributed by atoms with van der Waals surface area (Å²) in [6.45, 7) is 5.61. The largest absolute Gasteiger partial charge is 0.369 e. The van der Waals surface area contributed by atoms with Crippen LogP contribution in [0.2, 0.25) is 0 Å². The van der Waals surface area contributed by atoms with Crippen LogP contribution >= 0.6 is 0 Å². The Morgan fingerprint density at radius 1 is 1.09 bits per heavy atom. The van der Waals surface area contributed by atoms with Gasteiger partial charge in [-0.3, -0.25) is 4.79 Å². The highest BCUT2D eigenvalue weighted by Crippen LogP contribution is 2.33. The van der Waals surface area contributed by atoms with Crippen molar-refractivity contribution in [1.82, 2.24) is 0 Å². The molecule has 0 amide bonds. The molecule has 2 aromatic rings. The Hall–Kier alpha value is -2.35. The van der Waals surface area contributed by atoms with Crippen LogP contribution in [0, 0.1) is 0 Å². The maximum absolute atomic E-state index is 11.1. The Bertz CT molecular complexity index is 716. The van der Waals surface area contributed by atoms with E-state index in [1.54, 1.807) is 6.08 Å². The molecule has 0 fully saturated rings. The van der Waals surface area contributed by atoms with Crippen LogP contribution in [0.5, 0.6) is 0 Å². The zero-order chi connectivity index (χ0) is 16.2. The van der Waals surface area contributed by atoms with E-state index in [1.807, 2.05) is 18.2 Å². The molecule has 2 aromatic carbocycles. The zero-order valence-corrected chi connectivity index (χ0v) is 13.8. The van der Waals surface area contributed by atoms with E-state index in [9.17, 15) is 4.79 Å². The van der Waals surface area contributed by atoms with E-state index < -0.39 is 0 Å². The average Bonchev–Trinajstić information content (AvgIpc) is 2.59. The molecule has 1 aliphatic heterocycles. The van der Waals surface area contributed by atoms with Crippen molar-refractivity contribution in [3.63, 3.8) is 0 Å². The van der Waals surface area contributed by atoms with Crippen LogP contribution in [-0.4, -0.2) is 18.9 Å². The summed E-state index contributed by atoms with van der Waals surface area (Å²) in [6, 6.07) is 17.2. The lowest BCUT2D eigenvalue weighted by Crippen LogP contribution is -2.35. The number of hydrogen-bond acceptors (Lipinski definition) is 2. The average molecular weight is 305 g/mol. The van der Waals surface area contributed by atoms with Crippen molar-refractivity contribution in [2.24, 2.45) is 0 Å². The second kappa shape index (κ2) is 6.82. The summed E-state index contributed by atoms with van der Waals surface area (Å²) in [6.07, 6.45) is 4.84. The molecule has 3 rings (SSSR count). The molecule has 0 radical (unpaired) electrons. The van der Waals surface area contributed by atoms with Crippen LogP contribution in [0.4, 0.5) is 5.69 Å². The van der Waals surface area contributed by atoms with Gasteiger partial charge < -0.3 is 4.90 Å². The number of aldehydes is 1. The minimum absolute atomic E-state index is 0.513. The molecule has 118 valence electrons. The smallest absolute Gasteiger partial charge is 0.143 e. The predicted molar refractivity (Wildman–Crippen MR) is 96.8 cm³/mol. The van der Waals surface area contributed by atoms with Gasteiger partial charge in [0.15, 0.2) is 0 Å². The van der Waals surface area contributed by atoms with E-state index in [-0.39, 0.29) is 0 Å². The molecule has 23 heavy (non-hydrogen) atoms. The number of rotatable bonds is 4. The lowest BCUT2D eigenvalue weighted by molar-refractivity contribution is -0.104. The number of fused-ring (bicyclic) bond motifs is 1. The van der Waals surface area contributed by atoms with Crippen molar-refractivity contribution in [2.45, 2.75) is 32.7 Å². The normalized spacial score (nSPS) is 14.7. The fraction of sp³-hybridized carbons (Fsp3) is 0.286. The molecular weight excluding hydrogens is 282 g/mol. The molecule has 0 saturated heterocycles. The molecular formula is C21H23NO. The Morgan fingerprint density at radius 3 is 2.57 bits per heavy atom. The summed E-state index contributed by atoms with van der Waals surface area (Å²) in [4.78, 5) is 13.6. The third-order valence-electron chi connectivity index (χ3n) is 4.49. The van der Waals surface area contributed by atoms with Gasteiger partial charge in [-0.25, -0.2) is 0 Å². The third kappa shape index (κ3) is 3.21. The highest BCUT2D eigenvalue weighted by Gasteiger charge is 2.19. The van der Waals surface area contributed by atoms with E-state index in [1.165, 1.54) is 17.7 Å². The quantitative estimate of drug-likeness (QED) is 0.613. The molecule has 2 nitrogen and oxygen atoms in total. The Balaban J connectivity index is 2.03. The number of carbonyl (C=O) groups excluding carboxylic acids is 1. The first-order chi connectivity index (χ1) is 11.2. The molecule has 2 heteroatoms. The summed E-state index contributed by atoms with van der Waals surface area (Å²) in [5.74, 6) is 0. The lowest BCUT2D eigenvalue weighted by Gasteiger charge is -2.35. The van der Waals surface area contributed by atoms with Gasteiger partial charge in [-0.15, -0.1) is 0 Å². The summed E-state index contributed by atoms with van der Waals surface area (Å²) in [7, 11) is 0. The van der Waals surface area contributed by atoms with Crippen LogP contribution in [-0.2, 0) is 11.2 Å². The first-order valence-electron chi connectivity index (χ1n) is 8.31. The Kier molecular flexibility index (Phi) is 4.61. The second-order valence-corrected chi connectivity index (χ2v) is 6.32. The number of aryl methyl sites for hydroxylation is 1. The summed E-state index contributed by atoms with van der Waals surface area (Å²) < 4.78 is 0. The van der Waals surface area contributed by atoms with E-state index >= 15 is 0 Å².